The summed E-state index contributed by atoms with van der Waals surface area (Å²) in [5.74, 6) is 0. The summed E-state index contributed by atoms with van der Waals surface area (Å²) in [6.45, 7) is 7.57. The molecule has 0 amide bonds. The highest BCUT2D eigenvalue weighted by molar-refractivity contribution is 6.27. The molecule has 0 aliphatic heterocycles. The first-order valence-electron chi connectivity index (χ1n) is 8.39. The minimum Gasteiger partial charge on any atom is -0.419 e. The van der Waals surface area contributed by atoms with E-state index in [0.29, 0.717) is 0 Å². The molecule has 0 spiro atoms. The molecule has 3 nitrogen and oxygen atoms in total. The molecule has 1 rings (SSSR count). The van der Waals surface area contributed by atoms with Crippen molar-refractivity contribution in [3.8, 4) is 0 Å². The van der Waals surface area contributed by atoms with Gasteiger partial charge in [0.15, 0.2) is 9.76 Å². The highest BCUT2D eigenvalue weighted by Gasteiger charge is 2.18. The first kappa shape index (κ1) is 21.0. The lowest BCUT2D eigenvalue weighted by Crippen LogP contribution is -2.28. The summed E-state index contributed by atoms with van der Waals surface area (Å²) in [5.41, 5.74) is 1.31. The van der Waals surface area contributed by atoms with Gasteiger partial charge >= 0.3 is 0 Å². The smallest absolute Gasteiger partial charge is 0.162 e. The van der Waals surface area contributed by atoms with Crippen molar-refractivity contribution in [1.29, 1.82) is 0 Å². The van der Waals surface area contributed by atoms with Crippen LogP contribution in [-0.4, -0.2) is 42.2 Å². The quantitative estimate of drug-likeness (QED) is 0.429. The summed E-state index contributed by atoms with van der Waals surface area (Å²) in [6, 6.07) is 11.5. The Morgan fingerprint density at radius 3 is 2.32 bits per heavy atom. The highest BCUT2D eigenvalue weighted by Crippen LogP contribution is 2.18. The van der Waals surface area contributed by atoms with E-state index in [1.807, 2.05) is 38.5 Å². The molecule has 4 heteroatoms. The van der Waals surface area contributed by atoms with Crippen LogP contribution in [0.1, 0.15) is 45.6 Å². The lowest BCUT2D eigenvalue weighted by Gasteiger charge is -2.27. The highest BCUT2D eigenvalue weighted by atomic mass is 28.2. The molecule has 0 atom stereocenters. The summed E-state index contributed by atoms with van der Waals surface area (Å²) < 4.78 is 6.08. The van der Waals surface area contributed by atoms with Crippen molar-refractivity contribution in [3.05, 3.63) is 35.9 Å². The van der Waals surface area contributed by atoms with Crippen LogP contribution < -0.4 is 5.32 Å². The lowest BCUT2D eigenvalue weighted by atomic mass is 10.0. The molecule has 0 aromatic heterocycles. The summed E-state index contributed by atoms with van der Waals surface area (Å²) >= 11 is 0. The molecule has 0 heterocycles. The Morgan fingerprint density at radius 1 is 1.18 bits per heavy atom. The maximum atomic E-state index is 6.08. The number of benzene rings is 1. The molecule has 126 valence electrons. The molecular formula is C18H34N2OSi. The Morgan fingerprint density at radius 2 is 1.77 bits per heavy atom. The second-order valence-corrected chi connectivity index (χ2v) is 7.06. The number of nitrogens with one attached hydrogen (secondary N) is 1. The fourth-order valence-corrected chi connectivity index (χ4v) is 3.26. The standard InChI is InChI=1S/C16H27NOSi.C2H7N/c1-4-16(3,5-2)18-19-13-9-12-17-14-15-10-7-6-8-11-15;1-3-2/h6-8,10-11,14H,4-5,9,12-13,19H2,1-3H3;3H,1-2H3. The Bertz CT molecular complexity index is 378. The zero-order valence-electron chi connectivity index (χ0n) is 15.1. The SMILES string of the molecule is CCC(C)(CC)O[SiH2]CCCN=Cc1ccccc1.CNC. The average Bonchev–Trinajstić information content (AvgIpc) is 2.55. The third kappa shape index (κ3) is 10.7. The van der Waals surface area contributed by atoms with Gasteiger partial charge in [-0.15, -0.1) is 0 Å². The van der Waals surface area contributed by atoms with Gasteiger partial charge in [-0.2, -0.15) is 0 Å². The number of hydrogen-bond acceptors (Lipinski definition) is 3. The number of rotatable bonds is 9. The van der Waals surface area contributed by atoms with Crippen LogP contribution in [0.25, 0.3) is 0 Å². The van der Waals surface area contributed by atoms with Gasteiger partial charge in [-0.05, 0) is 51.9 Å². The molecule has 0 radical (unpaired) electrons. The third-order valence-corrected chi connectivity index (χ3v) is 5.36. The van der Waals surface area contributed by atoms with Crippen molar-refractivity contribution >= 4 is 16.0 Å². The Kier molecular flexibility index (Phi) is 13.1. The largest absolute Gasteiger partial charge is 0.419 e. The molecule has 0 fully saturated rings. The number of nitrogens with zero attached hydrogens (tertiary/aromatic N) is 1. The molecule has 0 aliphatic rings. The maximum absolute atomic E-state index is 6.08. The fourth-order valence-electron chi connectivity index (χ4n) is 1.79. The van der Waals surface area contributed by atoms with Crippen LogP contribution >= 0.6 is 0 Å². The second-order valence-electron chi connectivity index (χ2n) is 5.66. The maximum Gasteiger partial charge on any atom is 0.162 e. The molecule has 22 heavy (non-hydrogen) atoms. The first-order chi connectivity index (χ1) is 10.6. The average molecular weight is 323 g/mol. The van der Waals surface area contributed by atoms with Gasteiger partial charge in [-0.25, -0.2) is 0 Å². The molecule has 0 saturated carbocycles. The van der Waals surface area contributed by atoms with Crippen LogP contribution in [-0.2, 0) is 4.43 Å². The van der Waals surface area contributed by atoms with Crippen molar-refractivity contribution in [2.75, 3.05) is 20.6 Å². The summed E-state index contributed by atoms with van der Waals surface area (Å²) in [7, 11) is 3.37. The normalized spacial score (nSPS) is 11.9. The van der Waals surface area contributed by atoms with Crippen LogP contribution in [0.15, 0.2) is 35.3 Å². The van der Waals surface area contributed by atoms with E-state index in [1.165, 1.54) is 11.6 Å². The number of aliphatic imine (C=N–C) groups is 1. The van der Waals surface area contributed by atoms with Crippen LogP contribution in [0.4, 0.5) is 0 Å². The second kappa shape index (κ2) is 13.7. The van der Waals surface area contributed by atoms with E-state index in [4.69, 9.17) is 4.43 Å². The molecule has 1 aromatic carbocycles. The third-order valence-electron chi connectivity index (χ3n) is 3.67. The Hall–Kier alpha value is -0.973. The number of hydrogen-bond donors (Lipinski definition) is 1. The van der Waals surface area contributed by atoms with Crippen LogP contribution in [0.3, 0.4) is 0 Å². The van der Waals surface area contributed by atoms with Crippen LogP contribution in [0, 0.1) is 0 Å². The van der Waals surface area contributed by atoms with Crippen molar-refractivity contribution in [2.24, 2.45) is 4.99 Å². The van der Waals surface area contributed by atoms with E-state index in [1.54, 1.807) is 0 Å². The van der Waals surface area contributed by atoms with E-state index in [2.05, 4.69) is 43.2 Å². The van der Waals surface area contributed by atoms with E-state index < -0.39 is 0 Å². The van der Waals surface area contributed by atoms with Crippen LogP contribution in [0.2, 0.25) is 6.04 Å². The van der Waals surface area contributed by atoms with Gasteiger partial charge in [0.25, 0.3) is 0 Å². The van der Waals surface area contributed by atoms with E-state index in [0.717, 1.165) is 25.8 Å². The van der Waals surface area contributed by atoms with Crippen molar-refractivity contribution in [3.63, 3.8) is 0 Å². The monoisotopic (exact) mass is 322 g/mol. The van der Waals surface area contributed by atoms with Gasteiger partial charge in [-0.1, -0.05) is 44.2 Å². The molecule has 0 saturated heterocycles. The zero-order valence-corrected chi connectivity index (χ0v) is 16.5. The molecular weight excluding hydrogens is 288 g/mol. The summed E-state index contributed by atoms with van der Waals surface area (Å²) in [6.07, 6.45) is 5.34. The van der Waals surface area contributed by atoms with Gasteiger partial charge in [0, 0.05) is 12.8 Å². The van der Waals surface area contributed by atoms with Gasteiger partial charge in [-0.3, -0.25) is 4.99 Å². The van der Waals surface area contributed by atoms with E-state index >= 15 is 0 Å². The van der Waals surface area contributed by atoms with Crippen molar-refractivity contribution in [1.82, 2.24) is 5.32 Å². The van der Waals surface area contributed by atoms with Gasteiger partial charge in [0.2, 0.25) is 0 Å². The topological polar surface area (TPSA) is 33.6 Å². The predicted octanol–water partition coefficient (Wildman–Crippen LogP) is 3.43. The molecule has 1 N–H and O–H groups in total. The predicted molar refractivity (Wildman–Crippen MR) is 102 cm³/mol. The fraction of sp³-hybridized carbons (Fsp3) is 0.611. The molecule has 1 aromatic rings. The van der Waals surface area contributed by atoms with Crippen molar-refractivity contribution < 1.29 is 4.43 Å². The summed E-state index contributed by atoms with van der Waals surface area (Å²) in [4.78, 5) is 4.46. The minimum absolute atomic E-state index is 0.125. The summed E-state index contributed by atoms with van der Waals surface area (Å²) in [5, 5.41) is 2.75. The molecule has 0 aliphatic carbocycles. The van der Waals surface area contributed by atoms with Crippen molar-refractivity contribution in [2.45, 2.75) is 51.7 Å². The first-order valence-corrected chi connectivity index (χ1v) is 9.97. The van der Waals surface area contributed by atoms with E-state index in [-0.39, 0.29) is 15.4 Å². The van der Waals surface area contributed by atoms with Gasteiger partial charge < -0.3 is 9.74 Å². The Labute approximate surface area is 139 Å². The van der Waals surface area contributed by atoms with Crippen LogP contribution in [0.5, 0.6) is 0 Å². The molecule has 0 bridgehead atoms. The minimum atomic E-state index is -0.379. The zero-order chi connectivity index (χ0) is 16.7. The van der Waals surface area contributed by atoms with Gasteiger partial charge in [0.1, 0.15) is 0 Å². The van der Waals surface area contributed by atoms with E-state index in [9.17, 15) is 0 Å². The lowest BCUT2D eigenvalue weighted by molar-refractivity contribution is 0.0851. The Balaban J connectivity index is 0.00000135. The van der Waals surface area contributed by atoms with Gasteiger partial charge in [0.05, 0.1) is 5.60 Å². The molecule has 0 unspecified atom stereocenters.